The number of halogens is 4. The molecule has 0 atom stereocenters. The minimum Gasteiger partial charge on any atom is -0.206 e. The summed E-state index contributed by atoms with van der Waals surface area (Å²) in [5, 5.41) is 0. The van der Waals surface area contributed by atoms with Crippen molar-refractivity contribution in [3.05, 3.63) is 53.9 Å². The van der Waals surface area contributed by atoms with Gasteiger partial charge in [0.15, 0.2) is 0 Å². The van der Waals surface area contributed by atoms with Crippen molar-refractivity contribution in [1.82, 2.24) is 0 Å². The quantitative estimate of drug-likeness (QED) is 0.281. The Morgan fingerprint density at radius 2 is 1.39 bits per heavy atom. The van der Waals surface area contributed by atoms with Gasteiger partial charge in [-0.05, 0) is 79.9 Å². The lowest BCUT2D eigenvalue weighted by molar-refractivity contribution is -0.0790. The van der Waals surface area contributed by atoms with E-state index >= 15 is 0 Å². The first-order valence-electron chi connectivity index (χ1n) is 12.0. The first kappa shape index (κ1) is 24.1. The standard InChI is InChI=1S/C27H36F4/c1-2-3-4-20-5-7-21(8-6-20)9-10-22-11-13-23(14-12-22)25-16-15-24(26(28)19-25)17-18-27(29,30)31/h2,15-23H,1,3-14H2/b18-17+. The summed E-state index contributed by atoms with van der Waals surface area (Å²) in [6, 6.07) is 4.71. The van der Waals surface area contributed by atoms with Crippen molar-refractivity contribution < 1.29 is 17.6 Å². The zero-order valence-corrected chi connectivity index (χ0v) is 18.5. The van der Waals surface area contributed by atoms with Crippen LogP contribution in [0.2, 0.25) is 0 Å². The molecule has 2 aliphatic carbocycles. The Balaban J connectivity index is 1.40. The third-order valence-electron chi connectivity index (χ3n) is 7.52. The van der Waals surface area contributed by atoms with E-state index in [4.69, 9.17) is 0 Å². The van der Waals surface area contributed by atoms with Crippen LogP contribution in [0.5, 0.6) is 0 Å². The molecule has 0 saturated heterocycles. The molecule has 1 aromatic rings. The highest BCUT2D eigenvalue weighted by Crippen LogP contribution is 2.40. The Morgan fingerprint density at radius 1 is 0.839 bits per heavy atom. The molecule has 0 nitrogen and oxygen atoms in total. The summed E-state index contributed by atoms with van der Waals surface area (Å²) in [5.74, 6) is 2.33. The van der Waals surface area contributed by atoms with Crippen LogP contribution in [0.15, 0.2) is 36.9 Å². The van der Waals surface area contributed by atoms with Gasteiger partial charge in [-0.2, -0.15) is 13.2 Å². The molecule has 0 aliphatic heterocycles. The smallest absolute Gasteiger partial charge is 0.206 e. The number of alkyl halides is 3. The maximum Gasteiger partial charge on any atom is 0.409 e. The topological polar surface area (TPSA) is 0 Å². The van der Waals surface area contributed by atoms with Crippen LogP contribution < -0.4 is 0 Å². The van der Waals surface area contributed by atoms with Crippen LogP contribution in [0.4, 0.5) is 17.6 Å². The number of rotatable bonds is 8. The van der Waals surface area contributed by atoms with Crippen LogP contribution in [-0.4, -0.2) is 6.18 Å². The van der Waals surface area contributed by atoms with E-state index in [9.17, 15) is 17.6 Å². The van der Waals surface area contributed by atoms with Gasteiger partial charge in [0, 0.05) is 11.6 Å². The summed E-state index contributed by atoms with van der Waals surface area (Å²) in [6.45, 7) is 3.83. The maximum absolute atomic E-state index is 14.3. The molecule has 2 fully saturated rings. The average Bonchev–Trinajstić information content (AvgIpc) is 2.76. The van der Waals surface area contributed by atoms with Gasteiger partial charge in [-0.15, -0.1) is 6.58 Å². The van der Waals surface area contributed by atoms with Gasteiger partial charge >= 0.3 is 6.18 Å². The minimum absolute atomic E-state index is 0.00558. The van der Waals surface area contributed by atoms with E-state index in [0.717, 1.165) is 48.7 Å². The van der Waals surface area contributed by atoms with Gasteiger partial charge in [0.2, 0.25) is 0 Å². The van der Waals surface area contributed by atoms with Gasteiger partial charge in [-0.3, -0.25) is 0 Å². The van der Waals surface area contributed by atoms with Gasteiger partial charge < -0.3 is 0 Å². The Labute approximate surface area is 184 Å². The van der Waals surface area contributed by atoms with Crippen molar-refractivity contribution in [1.29, 1.82) is 0 Å². The van der Waals surface area contributed by atoms with Gasteiger partial charge in [0.1, 0.15) is 5.82 Å². The largest absolute Gasteiger partial charge is 0.409 e. The summed E-state index contributed by atoms with van der Waals surface area (Å²) >= 11 is 0. The lowest BCUT2D eigenvalue weighted by atomic mass is 9.74. The SMILES string of the molecule is C=CCCC1CCC(CCC2CCC(c3ccc(/C=C/C(F)(F)F)c(F)c3)CC2)CC1. The van der Waals surface area contributed by atoms with Crippen LogP contribution in [-0.2, 0) is 0 Å². The highest BCUT2D eigenvalue weighted by molar-refractivity contribution is 5.51. The second kappa shape index (κ2) is 11.3. The van der Waals surface area contributed by atoms with E-state index in [2.05, 4.69) is 6.58 Å². The van der Waals surface area contributed by atoms with E-state index in [0.29, 0.717) is 5.92 Å². The Morgan fingerprint density at radius 3 is 1.90 bits per heavy atom. The Kier molecular flexibility index (Phi) is 8.80. The van der Waals surface area contributed by atoms with Crippen molar-refractivity contribution >= 4 is 6.08 Å². The van der Waals surface area contributed by atoms with Crippen LogP contribution in [0, 0.1) is 23.6 Å². The number of benzene rings is 1. The summed E-state index contributed by atoms with van der Waals surface area (Å²) in [6.07, 6.45) is 13.6. The fraction of sp³-hybridized carbons (Fsp3) is 0.630. The average molecular weight is 437 g/mol. The van der Waals surface area contributed by atoms with Crippen molar-refractivity contribution in [3.8, 4) is 0 Å². The molecule has 1 aromatic carbocycles. The predicted octanol–water partition coefficient (Wildman–Crippen LogP) is 9.23. The molecular weight excluding hydrogens is 400 g/mol. The van der Waals surface area contributed by atoms with Crippen molar-refractivity contribution in [2.24, 2.45) is 17.8 Å². The molecule has 0 N–H and O–H groups in total. The zero-order chi connectivity index (χ0) is 22.3. The number of allylic oxidation sites excluding steroid dienone is 2. The van der Waals surface area contributed by atoms with Crippen LogP contribution in [0.3, 0.4) is 0 Å². The lowest BCUT2D eigenvalue weighted by Gasteiger charge is -2.32. The Bertz CT molecular complexity index is 717. The van der Waals surface area contributed by atoms with Gasteiger partial charge in [-0.25, -0.2) is 4.39 Å². The molecule has 0 amide bonds. The molecule has 0 bridgehead atoms. The molecule has 2 aliphatic rings. The molecule has 0 spiro atoms. The highest BCUT2D eigenvalue weighted by Gasteiger charge is 2.26. The molecule has 31 heavy (non-hydrogen) atoms. The van der Waals surface area contributed by atoms with Crippen LogP contribution in [0.25, 0.3) is 6.08 Å². The minimum atomic E-state index is -4.42. The molecule has 172 valence electrons. The third kappa shape index (κ3) is 7.80. The maximum atomic E-state index is 14.3. The predicted molar refractivity (Wildman–Crippen MR) is 120 cm³/mol. The van der Waals surface area contributed by atoms with E-state index in [1.165, 1.54) is 69.9 Å². The van der Waals surface area contributed by atoms with Gasteiger partial charge in [0.25, 0.3) is 0 Å². The van der Waals surface area contributed by atoms with E-state index in [-0.39, 0.29) is 11.6 Å². The molecule has 0 aromatic heterocycles. The van der Waals surface area contributed by atoms with Crippen LogP contribution in [0.1, 0.15) is 94.1 Å². The second-order valence-corrected chi connectivity index (χ2v) is 9.70. The highest BCUT2D eigenvalue weighted by atomic mass is 19.4. The summed E-state index contributed by atoms with van der Waals surface area (Å²) < 4.78 is 51.2. The van der Waals surface area contributed by atoms with Crippen molar-refractivity contribution in [2.75, 3.05) is 0 Å². The Hall–Kier alpha value is -1.58. The normalized spacial score (nSPS) is 27.5. The lowest BCUT2D eigenvalue weighted by Crippen LogP contribution is -2.17. The summed E-state index contributed by atoms with van der Waals surface area (Å²) in [4.78, 5) is 0. The summed E-state index contributed by atoms with van der Waals surface area (Å²) in [5.41, 5.74) is 0.923. The van der Waals surface area contributed by atoms with Gasteiger partial charge in [-0.1, -0.05) is 56.7 Å². The van der Waals surface area contributed by atoms with E-state index < -0.39 is 12.0 Å². The monoisotopic (exact) mass is 436 g/mol. The van der Waals surface area contributed by atoms with Gasteiger partial charge in [0.05, 0.1) is 0 Å². The molecule has 3 rings (SSSR count). The zero-order valence-electron chi connectivity index (χ0n) is 18.5. The first-order valence-corrected chi connectivity index (χ1v) is 12.0. The van der Waals surface area contributed by atoms with Crippen molar-refractivity contribution in [3.63, 3.8) is 0 Å². The molecule has 4 heteroatoms. The molecule has 2 saturated carbocycles. The van der Waals surface area contributed by atoms with E-state index in [1.807, 2.05) is 6.08 Å². The van der Waals surface area contributed by atoms with Crippen molar-refractivity contribution in [2.45, 2.75) is 89.1 Å². The number of hydrogen-bond donors (Lipinski definition) is 0. The number of hydrogen-bond acceptors (Lipinski definition) is 0. The fourth-order valence-corrected chi connectivity index (χ4v) is 5.54. The summed E-state index contributed by atoms with van der Waals surface area (Å²) in [7, 11) is 0. The molecular formula is C27H36F4. The molecule has 0 radical (unpaired) electrons. The molecule has 0 unspecified atom stereocenters. The van der Waals surface area contributed by atoms with Crippen LogP contribution >= 0.6 is 0 Å². The van der Waals surface area contributed by atoms with E-state index in [1.54, 1.807) is 6.07 Å². The molecule has 0 heterocycles. The third-order valence-corrected chi connectivity index (χ3v) is 7.52. The first-order chi connectivity index (χ1) is 14.8. The fourth-order valence-electron chi connectivity index (χ4n) is 5.54. The second-order valence-electron chi connectivity index (χ2n) is 9.70.